The highest BCUT2D eigenvalue weighted by molar-refractivity contribution is 5.45. The summed E-state index contributed by atoms with van der Waals surface area (Å²) in [6.45, 7) is 0. The molecule has 20 heavy (non-hydrogen) atoms. The van der Waals surface area contributed by atoms with Gasteiger partial charge in [0.2, 0.25) is 0 Å². The molecule has 1 atom stereocenters. The predicted molar refractivity (Wildman–Crippen MR) is 75.1 cm³/mol. The molecule has 1 unspecified atom stereocenters. The fourth-order valence-electron chi connectivity index (χ4n) is 1.90. The molecule has 0 radical (unpaired) electrons. The number of rotatable bonds is 4. The molecule has 6 nitrogen and oxygen atoms in total. The third-order valence-corrected chi connectivity index (χ3v) is 3.07. The number of hydrogen-bond acceptors (Lipinski definition) is 5. The quantitative estimate of drug-likeness (QED) is 0.894. The summed E-state index contributed by atoms with van der Waals surface area (Å²) in [6, 6.07) is 8.07. The molecule has 0 aliphatic rings. The van der Waals surface area contributed by atoms with Crippen molar-refractivity contribution < 1.29 is 9.47 Å². The Labute approximate surface area is 116 Å². The van der Waals surface area contributed by atoms with E-state index >= 15 is 0 Å². The van der Waals surface area contributed by atoms with E-state index < -0.39 is 6.04 Å². The van der Waals surface area contributed by atoms with Gasteiger partial charge in [0.05, 0.1) is 26.0 Å². The van der Waals surface area contributed by atoms with Gasteiger partial charge in [-0.25, -0.2) is 4.68 Å². The van der Waals surface area contributed by atoms with E-state index in [1.807, 2.05) is 6.07 Å². The lowest BCUT2D eigenvalue weighted by atomic mass is 10.0. The fourth-order valence-corrected chi connectivity index (χ4v) is 1.90. The molecular weight excluding hydrogens is 258 g/mol. The van der Waals surface area contributed by atoms with Crippen LogP contribution in [-0.2, 0) is 7.05 Å². The van der Waals surface area contributed by atoms with Gasteiger partial charge in [0, 0.05) is 13.1 Å². The highest BCUT2D eigenvalue weighted by Crippen LogP contribution is 2.30. The largest absolute Gasteiger partial charge is 0.493 e. The van der Waals surface area contributed by atoms with E-state index in [-0.39, 0.29) is 5.56 Å². The van der Waals surface area contributed by atoms with Gasteiger partial charge in [-0.3, -0.25) is 4.79 Å². The molecule has 0 saturated carbocycles. The van der Waals surface area contributed by atoms with Crippen molar-refractivity contribution in [1.29, 1.82) is 0 Å². The van der Waals surface area contributed by atoms with Crippen molar-refractivity contribution in [3.8, 4) is 11.5 Å². The molecule has 1 heterocycles. The number of nitrogens with two attached hydrogens (primary N) is 1. The molecule has 0 saturated heterocycles. The zero-order valence-electron chi connectivity index (χ0n) is 11.7. The first-order valence-electron chi connectivity index (χ1n) is 6.08. The summed E-state index contributed by atoms with van der Waals surface area (Å²) in [5.41, 5.74) is 7.44. The Morgan fingerprint density at radius 3 is 2.45 bits per heavy atom. The van der Waals surface area contributed by atoms with Crippen molar-refractivity contribution in [2.24, 2.45) is 12.8 Å². The average Bonchev–Trinajstić information content (AvgIpc) is 2.48. The summed E-state index contributed by atoms with van der Waals surface area (Å²) in [7, 11) is 4.73. The third kappa shape index (κ3) is 2.65. The van der Waals surface area contributed by atoms with E-state index in [1.165, 1.54) is 10.7 Å². The molecule has 0 amide bonds. The van der Waals surface area contributed by atoms with Crippen molar-refractivity contribution in [3.63, 3.8) is 0 Å². The van der Waals surface area contributed by atoms with Crippen LogP contribution < -0.4 is 20.8 Å². The standard InChI is InChI=1S/C14H17N3O3/c1-17-13(18)7-5-10(16-17)14(15)9-4-6-11(19-2)12(8-9)20-3/h4-8,14H,15H2,1-3H3. The summed E-state index contributed by atoms with van der Waals surface area (Å²) in [4.78, 5) is 11.3. The van der Waals surface area contributed by atoms with Gasteiger partial charge in [0.15, 0.2) is 11.5 Å². The maximum atomic E-state index is 11.3. The molecule has 106 valence electrons. The average molecular weight is 275 g/mol. The minimum Gasteiger partial charge on any atom is -0.493 e. The maximum absolute atomic E-state index is 11.3. The van der Waals surface area contributed by atoms with Crippen LogP contribution in [-0.4, -0.2) is 24.0 Å². The van der Waals surface area contributed by atoms with Crippen LogP contribution in [0.4, 0.5) is 0 Å². The zero-order valence-corrected chi connectivity index (χ0v) is 11.7. The topological polar surface area (TPSA) is 79.4 Å². The lowest BCUT2D eigenvalue weighted by Crippen LogP contribution is -2.23. The number of benzene rings is 1. The first-order chi connectivity index (χ1) is 9.56. The van der Waals surface area contributed by atoms with Crippen molar-refractivity contribution in [1.82, 2.24) is 9.78 Å². The van der Waals surface area contributed by atoms with E-state index in [1.54, 1.807) is 39.5 Å². The van der Waals surface area contributed by atoms with E-state index in [0.29, 0.717) is 17.2 Å². The number of methoxy groups -OCH3 is 2. The van der Waals surface area contributed by atoms with E-state index in [9.17, 15) is 4.79 Å². The molecule has 0 bridgehead atoms. The highest BCUT2D eigenvalue weighted by atomic mass is 16.5. The summed E-state index contributed by atoms with van der Waals surface area (Å²) in [5.74, 6) is 1.24. The molecule has 0 aliphatic heterocycles. The molecule has 2 N–H and O–H groups in total. The van der Waals surface area contributed by atoms with Gasteiger partial charge in [-0.15, -0.1) is 0 Å². The van der Waals surface area contributed by atoms with Crippen LogP contribution in [0.25, 0.3) is 0 Å². The number of aryl methyl sites for hydroxylation is 1. The Morgan fingerprint density at radius 1 is 1.15 bits per heavy atom. The van der Waals surface area contributed by atoms with Crippen LogP contribution in [0.3, 0.4) is 0 Å². The van der Waals surface area contributed by atoms with Crippen LogP contribution in [0.1, 0.15) is 17.3 Å². The van der Waals surface area contributed by atoms with Crippen LogP contribution >= 0.6 is 0 Å². The van der Waals surface area contributed by atoms with Gasteiger partial charge in [0.1, 0.15) is 0 Å². The SMILES string of the molecule is COc1ccc(C(N)c2ccc(=O)n(C)n2)cc1OC. The number of aromatic nitrogens is 2. The summed E-state index contributed by atoms with van der Waals surface area (Å²) in [6.07, 6.45) is 0. The van der Waals surface area contributed by atoms with Gasteiger partial charge in [-0.05, 0) is 23.8 Å². The Kier molecular flexibility index (Phi) is 4.05. The summed E-state index contributed by atoms with van der Waals surface area (Å²) in [5, 5.41) is 4.15. The molecule has 0 fully saturated rings. The van der Waals surface area contributed by atoms with Crippen LogP contribution in [0.2, 0.25) is 0 Å². The van der Waals surface area contributed by atoms with Gasteiger partial charge in [-0.1, -0.05) is 6.07 Å². The first kappa shape index (κ1) is 14.1. The number of ether oxygens (including phenoxy) is 2. The lowest BCUT2D eigenvalue weighted by molar-refractivity contribution is 0.354. The van der Waals surface area contributed by atoms with Crippen molar-refractivity contribution in [2.75, 3.05) is 14.2 Å². The van der Waals surface area contributed by atoms with Crippen LogP contribution in [0.5, 0.6) is 11.5 Å². The van der Waals surface area contributed by atoms with Crippen molar-refractivity contribution in [2.45, 2.75) is 6.04 Å². The molecule has 1 aromatic heterocycles. The maximum Gasteiger partial charge on any atom is 0.266 e. The Morgan fingerprint density at radius 2 is 1.85 bits per heavy atom. The van der Waals surface area contributed by atoms with Crippen LogP contribution in [0, 0.1) is 0 Å². The number of hydrogen-bond donors (Lipinski definition) is 1. The second-order valence-corrected chi connectivity index (χ2v) is 4.31. The van der Waals surface area contributed by atoms with E-state index in [2.05, 4.69) is 5.10 Å². The zero-order chi connectivity index (χ0) is 14.7. The predicted octanol–water partition coefficient (Wildman–Crippen LogP) is 0.846. The Balaban J connectivity index is 2.39. The van der Waals surface area contributed by atoms with Gasteiger partial charge in [-0.2, -0.15) is 5.10 Å². The first-order valence-corrected chi connectivity index (χ1v) is 6.08. The minimum absolute atomic E-state index is 0.173. The van der Waals surface area contributed by atoms with Gasteiger partial charge < -0.3 is 15.2 Å². The Bertz CT molecular complexity index is 667. The molecule has 1 aromatic carbocycles. The smallest absolute Gasteiger partial charge is 0.266 e. The van der Waals surface area contributed by atoms with Crippen molar-refractivity contribution >= 4 is 0 Å². The summed E-state index contributed by atoms with van der Waals surface area (Å²) >= 11 is 0. The second-order valence-electron chi connectivity index (χ2n) is 4.31. The molecule has 0 spiro atoms. The number of nitrogens with zero attached hydrogens (tertiary/aromatic N) is 2. The summed E-state index contributed by atoms with van der Waals surface area (Å²) < 4.78 is 11.7. The van der Waals surface area contributed by atoms with Gasteiger partial charge in [0.25, 0.3) is 5.56 Å². The third-order valence-electron chi connectivity index (χ3n) is 3.07. The normalized spacial score (nSPS) is 12.0. The fraction of sp³-hybridized carbons (Fsp3) is 0.286. The van der Waals surface area contributed by atoms with Crippen LogP contribution in [0.15, 0.2) is 35.1 Å². The highest BCUT2D eigenvalue weighted by Gasteiger charge is 2.14. The molecule has 2 rings (SSSR count). The Hall–Kier alpha value is -2.34. The lowest BCUT2D eigenvalue weighted by Gasteiger charge is -2.15. The minimum atomic E-state index is -0.443. The molecular formula is C14H17N3O3. The van der Waals surface area contributed by atoms with E-state index in [0.717, 1.165) is 5.56 Å². The molecule has 2 aromatic rings. The molecule has 0 aliphatic carbocycles. The van der Waals surface area contributed by atoms with Gasteiger partial charge >= 0.3 is 0 Å². The van der Waals surface area contributed by atoms with E-state index in [4.69, 9.17) is 15.2 Å². The monoisotopic (exact) mass is 275 g/mol. The second kappa shape index (κ2) is 5.75. The van der Waals surface area contributed by atoms with Crippen molar-refractivity contribution in [3.05, 3.63) is 51.9 Å². The molecule has 6 heteroatoms.